The summed E-state index contributed by atoms with van der Waals surface area (Å²) in [5.41, 5.74) is 9.74. The lowest BCUT2D eigenvalue weighted by atomic mass is 9.83. The van der Waals surface area contributed by atoms with Gasteiger partial charge in [0.15, 0.2) is 0 Å². The highest BCUT2D eigenvalue weighted by molar-refractivity contribution is 6.26. The summed E-state index contributed by atoms with van der Waals surface area (Å²) >= 11 is 0. The molecule has 0 radical (unpaired) electrons. The molecule has 196 valence electrons. The quantitative estimate of drug-likeness (QED) is 0.210. The molecule has 2 aromatic heterocycles. The zero-order valence-corrected chi connectivity index (χ0v) is 22.7. The van der Waals surface area contributed by atoms with E-state index in [0.29, 0.717) is 0 Å². The number of para-hydroxylation sites is 1. The number of rotatable bonds is 3. The van der Waals surface area contributed by atoms with E-state index in [2.05, 4.69) is 121 Å². The molecule has 2 heteroatoms. The fraction of sp³-hybridized carbons (Fsp3) is 0. The first-order chi connectivity index (χ1) is 20.9. The molecule has 0 aliphatic carbocycles. The highest BCUT2D eigenvalue weighted by atomic mass is 16.3. The van der Waals surface area contributed by atoms with Gasteiger partial charge in [0.25, 0.3) is 0 Å². The van der Waals surface area contributed by atoms with Gasteiger partial charge >= 0.3 is 0 Å². The van der Waals surface area contributed by atoms with Gasteiger partial charge in [-0.1, -0.05) is 121 Å². The molecule has 0 bridgehead atoms. The molecule has 9 rings (SSSR count). The predicted molar refractivity (Wildman–Crippen MR) is 175 cm³/mol. The van der Waals surface area contributed by atoms with Crippen LogP contribution in [0.3, 0.4) is 0 Å². The fourth-order valence-electron chi connectivity index (χ4n) is 6.78. The molecule has 42 heavy (non-hydrogen) atoms. The molecule has 0 fully saturated rings. The number of benzene rings is 7. The zero-order chi connectivity index (χ0) is 27.6. The van der Waals surface area contributed by atoms with Crippen LogP contribution in [0.4, 0.5) is 0 Å². The first kappa shape index (κ1) is 23.1. The van der Waals surface area contributed by atoms with Gasteiger partial charge in [-0.2, -0.15) is 0 Å². The molecule has 0 saturated carbocycles. The largest absolute Gasteiger partial charge is 0.464 e. The van der Waals surface area contributed by atoms with E-state index in [4.69, 9.17) is 8.83 Å². The van der Waals surface area contributed by atoms with E-state index in [9.17, 15) is 0 Å². The van der Waals surface area contributed by atoms with Gasteiger partial charge in [-0.25, -0.2) is 0 Å². The van der Waals surface area contributed by atoms with Gasteiger partial charge in [-0.3, -0.25) is 0 Å². The first-order valence-corrected chi connectivity index (χ1v) is 14.3. The van der Waals surface area contributed by atoms with E-state index in [1.807, 2.05) is 18.2 Å². The van der Waals surface area contributed by atoms with Crippen molar-refractivity contribution in [1.82, 2.24) is 0 Å². The Labute approximate surface area is 242 Å². The second kappa shape index (κ2) is 8.95. The van der Waals surface area contributed by atoms with Crippen LogP contribution in [0.2, 0.25) is 0 Å². The molecule has 0 spiro atoms. The molecular weight excluding hydrogens is 512 g/mol. The molecule has 0 unspecified atom stereocenters. The third kappa shape index (κ3) is 3.27. The van der Waals surface area contributed by atoms with E-state index in [0.717, 1.165) is 38.5 Å². The van der Waals surface area contributed by atoms with Crippen molar-refractivity contribution in [2.24, 2.45) is 0 Å². The summed E-state index contributed by atoms with van der Waals surface area (Å²) in [5.74, 6) is 0. The highest BCUT2D eigenvalue weighted by Crippen LogP contribution is 2.49. The summed E-state index contributed by atoms with van der Waals surface area (Å²) < 4.78 is 12.6. The summed E-state index contributed by atoms with van der Waals surface area (Å²) in [4.78, 5) is 0. The minimum absolute atomic E-state index is 0.842. The minimum Gasteiger partial charge on any atom is -0.464 e. The van der Waals surface area contributed by atoms with Gasteiger partial charge in [-0.05, 0) is 62.0 Å². The van der Waals surface area contributed by atoms with E-state index in [1.165, 1.54) is 49.4 Å². The first-order valence-electron chi connectivity index (χ1n) is 14.3. The standard InChI is InChI=1S/C40H24O2/c1-2-12-25(13-3-1)26-14-4-5-16-28(26)37-29-17-6-8-19-31(29)38(32-20-9-7-18-30(32)37)35-24-34-27-15-10-11-21-36(27)42-40(34)33-22-23-41-39(33)35/h1-24H. The van der Waals surface area contributed by atoms with Crippen molar-refractivity contribution < 1.29 is 8.83 Å². The average Bonchev–Trinajstić information content (AvgIpc) is 3.69. The second-order valence-corrected chi connectivity index (χ2v) is 10.8. The van der Waals surface area contributed by atoms with Crippen molar-refractivity contribution in [3.63, 3.8) is 0 Å². The van der Waals surface area contributed by atoms with E-state index in [-0.39, 0.29) is 0 Å². The Balaban J connectivity index is 1.45. The van der Waals surface area contributed by atoms with Crippen LogP contribution in [-0.2, 0) is 0 Å². The van der Waals surface area contributed by atoms with Gasteiger partial charge in [-0.15, -0.1) is 0 Å². The Morgan fingerprint density at radius 2 is 0.905 bits per heavy atom. The number of fused-ring (bicyclic) bond motifs is 7. The third-order valence-electron chi connectivity index (χ3n) is 8.56. The van der Waals surface area contributed by atoms with Crippen LogP contribution in [0, 0.1) is 0 Å². The Morgan fingerprint density at radius 3 is 1.60 bits per heavy atom. The number of furan rings is 2. The molecule has 0 amide bonds. The smallest absolute Gasteiger partial charge is 0.146 e. The summed E-state index contributed by atoms with van der Waals surface area (Å²) in [6.45, 7) is 0. The van der Waals surface area contributed by atoms with Gasteiger partial charge in [0.1, 0.15) is 16.7 Å². The van der Waals surface area contributed by atoms with E-state index < -0.39 is 0 Å². The topological polar surface area (TPSA) is 26.3 Å². The zero-order valence-electron chi connectivity index (χ0n) is 22.7. The molecular formula is C40H24O2. The maximum atomic E-state index is 6.36. The Bertz CT molecular complexity index is 2400. The van der Waals surface area contributed by atoms with Crippen molar-refractivity contribution in [3.05, 3.63) is 146 Å². The Morgan fingerprint density at radius 1 is 0.357 bits per heavy atom. The lowest BCUT2D eigenvalue weighted by Crippen LogP contribution is -1.93. The van der Waals surface area contributed by atoms with Crippen molar-refractivity contribution in [2.45, 2.75) is 0 Å². The molecule has 7 aromatic carbocycles. The maximum absolute atomic E-state index is 6.36. The Kier molecular flexibility index (Phi) is 4.93. The van der Waals surface area contributed by atoms with Gasteiger partial charge in [0.2, 0.25) is 0 Å². The molecule has 0 saturated heterocycles. The van der Waals surface area contributed by atoms with Crippen molar-refractivity contribution in [2.75, 3.05) is 0 Å². The van der Waals surface area contributed by atoms with Crippen LogP contribution < -0.4 is 0 Å². The van der Waals surface area contributed by atoms with Crippen LogP contribution in [0.25, 0.3) is 87.8 Å². The van der Waals surface area contributed by atoms with Crippen LogP contribution in [0.1, 0.15) is 0 Å². The number of hydrogen-bond donors (Lipinski definition) is 0. The summed E-state index contributed by atoms with van der Waals surface area (Å²) in [7, 11) is 0. The average molecular weight is 537 g/mol. The summed E-state index contributed by atoms with van der Waals surface area (Å²) in [6, 6.07) is 49.5. The maximum Gasteiger partial charge on any atom is 0.146 e. The van der Waals surface area contributed by atoms with Gasteiger partial charge in [0.05, 0.1) is 11.6 Å². The molecule has 0 aliphatic heterocycles. The second-order valence-electron chi connectivity index (χ2n) is 10.8. The van der Waals surface area contributed by atoms with Crippen LogP contribution in [-0.4, -0.2) is 0 Å². The lowest BCUT2D eigenvalue weighted by molar-refractivity contribution is 0.616. The molecule has 0 aliphatic rings. The lowest BCUT2D eigenvalue weighted by Gasteiger charge is -2.19. The summed E-state index contributed by atoms with van der Waals surface area (Å²) in [6.07, 6.45) is 1.77. The van der Waals surface area contributed by atoms with Gasteiger partial charge < -0.3 is 8.83 Å². The van der Waals surface area contributed by atoms with E-state index >= 15 is 0 Å². The molecule has 2 nitrogen and oxygen atoms in total. The highest BCUT2D eigenvalue weighted by Gasteiger charge is 2.23. The predicted octanol–water partition coefficient (Wildman–Crippen LogP) is 11.6. The summed E-state index contributed by atoms with van der Waals surface area (Å²) in [5, 5.41) is 8.01. The fourth-order valence-corrected chi connectivity index (χ4v) is 6.78. The normalized spacial score (nSPS) is 11.8. The molecule has 0 N–H and O–H groups in total. The molecule has 0 atom stereocenters. The van der Waals surface area contributed by atoms with E-state index in [1.54, 1.807) is 6.26 Å². The van der Waals surface area contributed by atoms with Gasteiger partial charge in [0, 0.05) is 21.9 Å². The van der Waals surface area contributed by atoms with Crippen LogP contribution in [0.15, 0.2) is 155 Å². The minimum atomic E-state index is 0.842. The van der Waals surface area contributed by atoms with Crippen LogP contribution in [0.5, 0.6) is 0 Å². The number of hydrogen-bond acceptors (Lipinski definition) is 2. The third-order valence-corrected chi connectivity index (χ3v) is 8.56. The monoisotopic (exact) mass is 536 g/mol. The Hall–Kier alpha value is -5.60. The van der Waals surface area contributed by atoms with Crippen molar-refractivity contribution in [1.29, 1.82) is 0 Å². The molecule has 9 aromatic rings. The van der Waals surface area contributed by atoms with Crippen molar-refractivity contribution >= 4 is 54.5 Å². The van der Waals surface area contributed by atoms with Crippen LogP contribution >= 0.6 is 0 Å². The SMILES string of the molecule is c1ccc(-c2ccccc2-c2c3ccccc3c(-c3cc4c5ccccc5oc4c4ccoc34)c3ccccc23)cc1. The van der Waals surface area contributed by atoms with Crippen molar-refractivity contribution in [3.8, 4) is 33.4 Å². The molecule has 2 heterocycles.